The molecule has 1 atom stereocenters. The van der Waals surface area contributed by atoms with Gasteiger partial charge in [-0.25, -0.2) is 9.78 Å². The lowest BCUT2D eigenvalue weighted by Gasteiger charge is -2.15. The lowest BCUT2D eigenvalue weighted by Crippen LogP contribution is -2.29. The van der Waals surface area contributed by atoms with Crippen LogP contribution >= 0.6 is 11.8 Å². The third-order valence-electron chi connectivity index (χ3n) is 5.96. The molecule has 1 unspecified atom stereocenters. The van der Waals surface area contributed by atoms with E-state index < -0.39 is 26.9 Å². The number of aliphatic hydroxyl groups is 1. The van der Waals surface area contributed by atoms with Gasteiger partial charge in [0.15, 0.2) is 0 Å². The number of nitrogens with one attached hydrogen (secondary N) is 1. The smallest absolute Gasteiger partial charge is 0.491 e. The zero-order chi connectivity index (χ0) is 30.3. The minimum absolute atomic E-state index is 0.128. The summed E-state index contributed by atoms with van der Waals surface area (Å²) in [5, 5.41) is 20.0. The van der Waals surface area contributed by atoms with E-state index in [0.29, 0.717) is 12.4 Å². The Labute approximate surface area is 243 Å². The third kappa shape index (κ3) is 12.7. The zero-order valence-corrected chi connectivity index (χ0v) is 24.5. The summed E-state index contributed by atoms with van der Waals surface area (Å²) in [7, 11) is -5.62. The Hall–Kier alpha value is -2.77. The van der Waals surface area contributed by atoms with Crippen LogP contribution in [0.5, 0.6) is 5.75 Å². The number of nitrogens with zero attached hydrogens (tertiary/aromatic N) is 1. The first-order chi connectivity index (χ1) is 19.4. The molecule has 0 saturated carbocycles. The number of anilines is 1. The molecular weight excluding hydrogens is 581 g/mol. The lowest BCUT2D eigenvalue weighted by molar-refractivity contribution is -0.131. The molecular formula is C28H37F3N2O6S2. The number of carboxylic acids is 1. The van der Waals surface area contributed by atoms with Crippen LogP contribution in [0.2, 0.25) is 0 Å². The van der Waals surface area contributed by atoms with Crippen LogP contribution in [0.15, 0.2) is 47.5 Å². The molecule has 3 N–H and O–H groups in total. The van der Waals surface area contributed by atoms with Gasteiger partial charge in [0.2, 0.25) is 0 Å². The van der Waals surface area contributed by atoms with Gasteiger partial charge in [-0.05, 0) is 42.3 Å². The Morgan fingerprint density at radius 3 is 2.29 bits per heavy atom. The van der Waals surface area contributed by atoms with Gasteiger partial charge in [0, 0.05) is 11.8 Å². The third-order valence-corrected chi connectivity index (χ3v) is 8.04. The standard InChI is InChI=1S/C28H37F3N2O6S2/c1-2-3-4-5-6-7-8-9-10-11-19-39-24-16-17-25(32-23(24)15-18-26(34)35)40-27(36)21-13-12-14-22(20-21)33-41(37,38)28(29,30)31/h12-18,20,27,33,36H,2-11,19H2,1H3,(H,34,35). The predicted octanol–water partition coefficient (Wildman–Crippen LogP) is 7.52. The van der Waals surface area contributed by atoms with Gasteiger partial charge in [-0.15, -0.1) is 0 Å². The minimum atomic E-state index is -5.62. The van der Waals surface area contributed by atoms with E-state index in [4.69, 9.17) is 9.84 Å². The van der Waals surface area contributed by atoms with E-state index in [1.54, 1.807) is 12.1 Å². The number of thioether (sulfide) groups is 1. The maximum absolute atomic E-state index is 12.7. The number of carboxylic acid groups (broad SMARTS) is 1. The van der Waals surface area contributed by atoms with Crippen LogP contribution in [-0.2, 0) is 14.8 Å². The van der Waals surface area contributed by atoms with Crippen molar-refractivity contribution in [2.75, 3.05) is 11.3 Å². The van der Waals surface area contributed by atoms with E-state index in [0.717, 1.165) is 49.2 Å². The van der Waals surface area contributed by atoms with Gasteiger partial charge in [0.25, 0.3) is 0 Å². The molecule has 1 aromatic carbocycles. The molecule has 0 radical (unpaired) electrons. The summed E-state index contributed by atoms with van der Waals surface area (Å²) in [5.74, 6) is -0.801. The van der Waals surface area contributed by atoms with Crippen LogP contribution in [0.1, 0.15) is 87.8 Å². The Balaban J connectivity index is 1.97. The average molecular weight is 619 g/mol. The normalized spacial score (nSPS) is 12.9. The number of ether oxygens (including phenoxy) is 1. The number of unbranched alkanes of at least 4 members (excludes halogenated alkanes) is 9. The van der Waals surface area contributed by atoms with E-state index in [9.17, 15) is 31.5 Å². The van der Waals surface area contributed by atoms with E-state index >= 15 is 0 Å². The number of sulfonamides is 1. The number of hydrogen-bond donors (Lipinski definition) is 3. The van der Waals surface area contributed by atoms with Gasteiger partial charge in [-0.3, -0.25) is 4.72 Å². The largest absolute Gasteiger partial charge is 0.516 e. The quantitative estimate of drug-likeness (QED) is 0.0639. The molecule has 0 aliphatic carbocycles. The Morgan fingerprint density at radius 2 is 1.68 bits per heavy atom. The molecule has 0 fully saturated rings. The number of carbonyl (C=O) groups is 1. The Bertz CT molecular complexity index is 1240. The van der Waals surface area contributed by atoms with E-state index in [1.165, 1.54) is 67.9 Å². The van der Waals surface area contributed by atoms with Crippen molar-refractivity contribution in [3.05, 3.63) is 53.7 Å². The fourth-order valence-electron chi connectivity index (χ4n) is 3.82. The Morgan fingerprint density at radius 1 is 1.05 bits per heavy atom. The molecule has 1 aromatic heterocycles. The maximum Gasteiger partial charge on any atom is 0.516 e. The number of pyridine rings is 1. The van der Waals surface area contributed by atoms with Crippen LogP contribution < -0.4 is 9.46 Å². The van der Waals surface area contributed by atoms with E-state index in [-0.39, 0.29) is 22.0 Å². The molecule has 2 aromatic rings. The van der Waals surface area contributed by atoms with Gasteiger partial charge in [0.05, 0.1) is 11.6 Å². The molecule has 13 heteroatoms. The summed E-state index contributed by atoms with van der Waals surface area (Å²) in [6.07, 6.45) is 14.0. The molecule has 0 bridgehead atoms. The van der Waals surface area contributed by atoms with E-state index in [2.05, 4.69) is 11.9 Å². The van der Waals surface area contributed by atoms with Crippen LogP contribution in [0.25, 0.3) is 6.08 Å². The highest BCUT2D eigenvalue weighted by Crippen LogP contribution is 2.35. The van der Waals surface area contributed by atoms with Gasteiger partial charge < -0.3 is 14.9 Å². The molecule has 2 rings (SSSR count). The molecule has 0 aliphatic rings. The number of aliphatic carboxylic acids is 1. The van der Waals surface area contributed by atoms with Gasteiger partial charge >= 0.3 is 21.5 Å². The van der Waals surface area contributed by atoms with Crippen molar-refractivity contribution in [3.8, 4) is 5.75 Å². The zero-order valence-electron chi connectivity index (χ0n) is 22.9. The van der Waals surface area contributed by atoms with E-state index in [1.807, 2.05) is 0 Å². The molecule has 8 nitrogen and oxygen atoms in total. The molecule has 41 heavy (non-hydrogen) atoms. The van der Waals surface area contributed by atoms with Gasteiger partial charge in [-0.1, -0.05) is 88.6 Å². The fraction of sp³-hybridized carbons (Fsp3) is 0.500. The first-order valence-electron chi connectivity index (χ1n) is 13.5. The highest BCUT2D eigenvalue weighted by molar-refractivity contribution is 7.99. The number of aliphatic hydroxyl groups excluding tert-OH is 1. The highest BCUT2D eigenvalue weighted by atomic mass is 32.2. The number of benzene rings is 1. The van der Waals surface area contributed by atoms with Crippen molar-refractivity contribution < 1.29 is 41.3 Å². The number of rotatable bonds is 19. The average Bonchev–Trinajstić information content (AvgIpc) is 2.90. The monoisotopic (exact) mass is 618 g/mol. The van der Waals surface area contributed by atoms with Gasteiger partial charge in [-0.2, -0.15) is 21.6 Å². The van der Waals surface area contributed by atoms with Crippen LogP contribution in [0.4, 0.5) is 18.9 Å². The van der Waals surface area contributed by atoms with Crippen molar-refractivity contribution in [2.45, 2.75) is 87.1 Å². The number of aromatic nitrogens is 1. The van der Waals surface area contributed by atoms with Crippen molar-refractivity contribution in [1.82, 2.24) is 4.98 Å². The van der Waals surface area contributed by atoms with Crippen LogP contribution in [-0.4, -0.2) is 41.7 Å². The van der Waals surface area contributed by atoms with Crippen molar-refractivity contribution in [2.24, 2.45) is 0 Å². The number of halogens is 3. The number of alkyl halides is 3. The molecule has 0 saturated heterocycles. The minimum Gasteiger partial charge on any atom is -0.491 e. The number of hydrogen-bond acceptors (Lipinski definition) is 7. The van der Waals surface area contributed by atoms with Crippen LogP contribution in [0.3, 0.4) is 0 Å². The summed E-state index contributed by atoms with van der Waals surface area (Å²) in [6, 6.07) is 8.09. The molecule has 0 spiro atoms. The fourth-order valence-corrected chi connectivity index (χ4v) is 5.19. The second-order valence-electron chi connectivity index (χ2n) is 9.38. The predicted molar refractivity (Wildman–Crippen MR) is 154 cm³/mol. The molecule has 228 valence electrons. The molecule has 0 amide bonds. The first-order valence-corrected chi connectivity index (χ1v) is 15.9. The summed E-state index contributed by atoms with van der Waals surface area (Å²) in [6.45, 7) is 2.64. The molecule has 0 aliphatic heterocycles. The highest BCUT2D eigenvalue weighted by Gasteiger charge is 2.46. The van der Waals surface area contributed by atoms with Gasteiger partial charge in [0.1, 0.15) is 16.9 Å². The summed E-state index contributed by atoms with van der Waals surface area (Å²) < 4.78 is 68.1. The lowest BCUT2D eigenvalue weighted by atomic mass is 10.1. The maximum atomic E-state index is 12.7. The summed E-state index contributed by atoms with van der Waals surface area (Å²) >= 11 is 0.840. The molecule has 1 heterocycles. The van der Waals surface area contributed by atoms with Crippen LogP contribution in [0, 0.1) is 0 Å². The second-order valence-corrected chi connectivity index (χ2v) is 12.2. The summed E-state index contributed by atoms with van der Waals surface area (Å²) in [4.78, 5) is 15.4. The topological polar surface area (TPSA) is 126 Å². The second kappa shape index (κ2) is 17.2. The van der Waals surface area contributed by atoms with Crippen molar-refractivity contribution in [3.63, 3.8) is 0 Å². The van der Waals surface area contributed by atoms with Crippen molar-refractivity contribution in [1.29, 1.82) is 0 Å². The SMILES string of the molecule is CCCCCCCCCCCCOc1ccc(SC(O)c2cccc(NS(=O)(=O)C(F)(F)F)c2)nc1C=CC(=O)O. The summed E-state index contributed by atoms with van der Waals surface area (Å²) in [5.41, 5.74) is -6.80. The Kier molecular flexibility index (Phi) is 14.5. The first kappa shape index (κ1) is 34.4. The van der Waals surface area contributed by atoms with Crippen molar-refractivity contribution >= 4 is 39.5 Å².